The maximum Gasteiger partial charge on any atom is 0.141 e. The van der Waals surface area contributed by atoms with E-state index in [1.807, 2.05) is 25.1 Å². The summed E-state index contributed by atoms with van der Waals surface area (Å²) < 4.78 is 19.0. The van der Waals surface area contributed by atoms with Crippen molar-refractivity contribution in [3.63, 3.8) is 0 Å². The van der Waals surface area contributed by atoms with Crippen LogP contribution in [0.3, 0.4) is 0 Å². The topological polar surface area (TPSA) is 35.2 Å². The van der Waals surface area contributed by atoms with Gasteiger partial charge < -0.3 is 10.5 Å². The Bertz CT molecular complexity index is 601. The van der Waals surface area contributed by atoms with E-state index in [1.165, 1.54) is 6.07 Å². The zero-order valence-corrected chi connectivity index (χ0v) is 12.1. The van der Waals surface area contributed by atoms with Gasteiger partial charge in [0.15, 0.2) is 0 Å². The molecule has 2 aromatic carbocycles. The number of ether oxygens (including phenoxy) is 1. The SMILES string of the molecule is Cc1cccc(CCN)c1OCc1ccc(F)c(Cl)c1. The normalized spacial score (nSPS) is 10.6. The van der Waals surface area contributed by atoms with Gasteiger partial charge in [-0.1, -0.05) is 35.9 Å². The summed E-state index contributed by atoms with van der Waals surface area (Å²) in [6.45, 7) is 2.91. The molecular weight excluding hydrogens is 277 g/mol. The van der Waals surface area contributed by atoms with Crippen LogP contribution in [-0.2, 0) is 13.0 Å². The molecule has 0 radical (unpaired) electrons. The van der Waals surface area contributed by atoms with E-state index in [9.17, 15) is 4.39 Å². The lowest BCUT2D eigenvalue weighted by Crippen LogP contribution is -2.06. The summed E-state index contributed by atoms with van der Waals surface area (Å²) >= 11 is 5.76. The highest BCUT2D eigenvalue weighted by Gasteiger charge is 2.07. The van der Waals surface area contributed by atoms with Gasteiger partial charge in [-0.15, -0.1) is 0 Å². The molecule has 106 valence electrons. The molecule has 0 aliphatic carbocycles. The molecule has 0 aliphatic rings. The number of benzene rings is 2. The number of para-hydroxylation sites is 1. The Balaban J connectivity index is 2.15. The van der Waals surface area contributed by atoms with E-state index in [1.54, 1.807) is 12.1 Å². The maximum atomic E-state index is 13.1. The van der Waals surface area contributed by atoms with Gasteiger partial charge in [0.2, 0.25) is 0 Å². The van der Waals surface area contributed by atoms with Gasteiger partial charge in [-0.25, -0.2) is 4.39 Å². The van der Waals surface area contributed by atoms with E-state index in [4.69, 9.17) is 22.1 Å². The maximum absolute atomic E-state index is 13.1. The largest absolute Gasteiger partial charge is 0.488 e. The smallest absolute Gasteiger partial charge is 0.141 e. The molecule has 4 heteroatoms. The van der Waals surface area contributed by atoms with E-state index in [0.717, 1.165) is 28.9 Å². The third kappa shape index (κ3) is 3.50. The Morgan fingerprint density at radius 3 is 2.75 bits per heavy atom. The van der Waals surface area contributed by atoms with E-state index >= 15 is 0 Å². The van der Waals surface area contributed by atoms with Crippen LogP contribution in [0.25, 0.3) is 0 Å². The Morgan fingerprint density at radius 2 is 2.05 bits per heavy atom. The monoisotopic (exact) mass is 293 g/mol. The first-order valence-corrected chi connectivity index (χ1v) is 6.85. The molecule has 20 heavy (non-hydrogen) atoms. The highest BCUT2D eigenvalue weighted by molar-refractivity contribution is 6.30. The summed E-state index contributed by atoms with van der Waals surface area (Å²) in [7, 11) is 0. The van der Waals surface area contributed by atoms with Crippen LogP contribution in [-0.4, -0.2) is 6.54 Å². The van der Waals surface area contributed by atoms with Crippen LogP contribution < -0.4 is 10.5 Å². The molecule has 0 saturated heterocycles. The Kier molecular flexibility index (Phi) is 4.99. The zero-order chi connectivity index (χ0) is 14.5. The second kappa shape index (κ2) is 6.73. The van der Waals surface area contributed by atoms with E-state index in [0.29, 0.717) is 13.2 Å². The van der Waals surface area contributed by atoms with E-state index in [-0.39, 0.29) is 5.02 Å². The van der Waals surface area contributed by atoms with Crippen LogP contribution in [0.2, 0.25) is 5.02 Å². The minimum Gasteiger partial charge on any atom is -0.488 e. The number of aryl methyl sites for hydroxylation is 1. The molecule has 2 N–H and O–H groups in total. The number of hydrogen-bond acceptors (Lipinski definition) is 2. The van der Waals surface area contributed by atoms with E-state index < -0.39 is 5.82 Å². The van der Waals surface area contributed by atoms with Crippen molar-refractivity contribution in [1.82, 2.24) is 0 Å². The summed E-state index contributed by atoms with van der Waals surface area (Å²) in [6, 6.07) is 10.6. The summed E-state index contributed by atoms with van der Waals surface area (Å²) in [6.07, 6.45) is 0.765. The minimum atomic E-state index is -0.421. The Hall–Kier alpha value is -1.58. The third-order valence-electron chi connectivity index (χ3n) is 3.07. The van der Waals surface area contributed by atoms with Gasteiger partial charge in [-0.3, -0.25) is 0 Å². The lowest BCUT2D eigenvalue weighted by atomic mass is 10.1. The van der Waals surface area contributed by atoms with Gasteiger partial charge in [-0.05, 0) is 48.7 Å². The molecule has 0 bridgehead atoms. The molecule has 2 rings (SSSR count). The lowest BCUT2D eigenvalue weighted by Gasteiger charge is -2.14. The first-order chi connectivity index (χ1) is 9.61. The first-order valence-electron chi connectivity index (χ1n) is 6.47. The van der Waals surface area contributed by atoms with E-state index in [2.05, 4.69) is 0 Å². The molecule has 0 aromatic heterocycles. The van der Waals surface area contributed by atoms with Crippen LogP contribution in [0.4, 0.5) is 4.39 Å². The molecule has 0 aliphatic heterocycles. The van der Waals surface area contributed by atoms with Crippen molar-refractivity contribution in [1.29, 1.82) is 0 Å². The minimum absolute atomic E-state index is 0.109. The fourth-order valence-corrected chi connectivity index (χ4v) is 2.26. The van der Waals surface area contributed by atoms with Gasteiger partial charge >= 0.3 is 0 Å². The summed E-state index contributed by atoms with van der Waals surface area (Å²) in [5, 5.41) is 0.109. The second-order valence-electron chi connectivity index (χ2n) is 4.64. The van der Waals surface area contributed by atoms with Crippen molar-refractivity contribution in [3.8, 4) is 5.75 Å². The quantitative estimate of drug-likeness (QED) is 0.908. The predicted octanol–water partition coefficient (Wildman–Crippen LogP) is 3.87. The molecule has 0 heterocycles. The van der Waals surface area contributed by atoms with Gasteiger partial charge in [0.1, 0.15) is 18.2 Å². The van der Waals surface area contributed by atoms with Crippen molar-refractivity contribution in [2.24, 2.45) is 5.73 Å². The number of halogens is 2. The third-order valence-corrected chi connectivity index (χ3v) is 3.36. The molecule has 2 aromatic rings. The van der Waals surface area contributed by atoms with Gasteiger partial charge in [0, 0.05) is 0 Å². The van der Waals surface area contributed by atoms with Crippen molar-refractivity contribution in [2.75, 3.05) is 6.54 Å². The van der Waals surface area contributed by atoms with Gasteiger partial charge in [0.05, 0.1) is 5.02 Å². The fraction of sp³-hybridized carbons (Fsp3) is 0.250. The van der Waals surface area contributed by atoms with Gasteiger partial charge in [0.25, 0.3) is 0 Å². The molecule has 0 atom stereocenters. The Morgan fingerprint density at radius 1 is 1.25 bits per heavy atom. The fourth-order valence-electron chi connectivity index (χ4n) is 2.06. The second-order valence-corrected chi connectivity index (χ2v) is 5.05. The molecule has 2 nitrogen and oxygen atoms in total. The van der Waals surface area contributed by atoms with Crippen molar-refractivity contribution >= 4 is 11.6 Å². The van der Waals surface area contributed by atoms with Crippen molar-refractivity contribution < 1.29 is 9.13 Å². The highest BCUT2D eigenvalue weighted by Crippen LogP contribution is 2.25. The van der Waals surface area contributed by atoms with Crippen LogP contribution in [0.15, 0.2) is 36.4 Å². The van der Waals surface area contributed by atoms with Crippen LogP contribution in [0.1, 0.15) is 16.7 Å². The van der Waals surface area contributed by atoms with Gasteiger partial charge in [-0.2, -0.15) is 0 Å². The summed E-state index contributed by atoms with van der Waals surface area (Å²) in [4.78, 5) is 0. The molecule has 0 spiro atoms. The lowest BCUT2D eigenvalue weighted by molar-refractivity contribution is 0.300. The average molecular weight is 294 g/mol. The summed E-state index contributed by atoms with van der Waals surface area (Å²) in [5.41, 5.74) is 8.58. The average Bonchev–Trinajstić information content (AvgIpc) is 2.42. The number of rotatable bonds is 5. The van der Waals surface area contributed by atoms with Crippen LogP contribution >= 0.6 is 11.6 Å². The molecule has 0 amide bonds. The summed E-state index contributed by atoms with van der Waals surface area (Å²) in [5.74, 6) is 0.425. The number of nitrogens with two attached hydrogens (primary N) is 1. The Labute approximate surface area is 123 Å². The predicted molar refractivity (Wildman–Crippen MR) is 79.7 cm³/mol. The van der Waals surface area contributed by atoms with Crippen LogP contribution in [0.5, 0.6) is 5.75 Å². The highest BCUT2D eigenvalue weighted by atomic mass is 35.5. The first kappa shape index (κ1) is 14.8. The molecular formula is C16H17ClFNO. The molecule has 0 fully saturated rings. The van der Waals surface area contributed by atoms with Crippen LogP contribution in [0, 0.1) is 12.7 Å². The standard InChI is InChI=1S/C16H17ClFNO/c1-11-3-2-4-13(7-8-19)16(11)20-10-12-5-6-15(18)14(17)9-12/h2-6,9H,7-8,10,19H2,1H3. The molecule has 0 unspecified atom stereocenters. The molecule has 0 saturated carbocycles. The number of hydrogen-bond donors (Lipinski definition) is 1. The van der Waals surface area contributed by atoms with Crippen molar-refractivity contribution in [3.05, 3.63) is 63.9 Å². The zero-order valence-electron chi connectivity index (χ0n) is 11.3. The van der Waals surface area contributed by atoms with Crippen molar-refractivity contribution in [2.45, 2.75) is 20.0 Å².